The zero-order valence-corrected chi connectivity index (χ0v) is 17.8. The average Bonchev–Trinajstić information content (AvgIpc) is 2.57. The molecule has 3 aromatic carbocycles. The van der Waals surface area contributed by atoms with Crippen LogP contribution in [0.4, 0.5) is 0 Å². The maximum absolute atomic E-state index is 2.90. The monoisotopic (exact) mass is 490 g/mol. The molecule has 0 N–H and O–H groups in total. The van der Waals surface area contributed by atoms with E-state index in [0.717, 1.165) is 0 Å². The number of hydrogen-bond donors (Lipinski definition) is 0. The van der Waals surface area contributed by atoms with Crippen molar-refractivity contribution in [3.05, 3.63) is 108 Å². The second kappa shape index (κ2) is 8.39. The Morgan fingerprint density at radius 3 is 1.00 bits per heavy atom. The normalized spacial score (nSPS) is 11.3. The van der Waals surface area contributed by atoms with Crippen molar-refractivity contribution in [1.29, 1.82) is 0 Å². The third kappa shape index (κ3) is 5.39. The molecule has 0 aliphatic heterocycles. The summed E-state index contributed by atoms with van der Waals surface area (Å²) in [5.74, 6) is 0. The second-order valence-corrected chi connectivity index (χ2v) is 27.9. The molecule has 0 aliphatic rings. The summed E-state index contributed by atoms with van der Waals surface area (Å²) in [4.78, 5) is 0. The Labute approximate surface area is 153 Å². The zero-order valence-electron chi connectivity index (χ0n) is 13.2. The first-order chi connectivity index (χ1) is 11.2. The molecule has 0 spiro atoms. The minimum absolute atomic E-state index is 1.29. The van der Waals surface area contributed by atoms with E-state index in [9.17, 15) is 0 Å². The van der Waals surface area contributed by atoms with Crippen molar-refractivity contribution in [3.8, 4) is 0 Å². The summed E-state index contributed by atoms with van der Waals surface area (Å²) >= 11 is 0.531. The summed E-state index contributed by atoms with van der Waals surface area (Å²) in [5.41, 5.74) is 4.51. The molecule has 23 heavy (non-hydrogen) atoms. The quantitative estimate of drug-likeness (QED) is 0.366. The van der Waals surface area contributed by atoms with E-state index >= 15 is 0 Å². The van der Waals surface area contributed by atoms with Gasteiger partial charge in [0.15, 0.2) is 0 Å². The van der Waals surface area contributed by atoms with Gasteiger partial charge >= 0.3 is 154 Å². The van der Waals surface area contributed by atoms with Gasteiger partial charge in [0.05, 0.1) is 0 Å². The third-order valence-electron chi connectivity index (χ3n) is 4.09. The molecule has 0 nitrogen and oxygen atoms in total. The molecule has 0 radical (unpaired) electrons. The van der Waals surface area contributed by atoms with Gasteiger partial charge in [-0.1, -0.05) is 0 Å². The van der Waals surface area contributed by atoms with Crippen molar-refractivity contribution in [1.82, 2.24) is 0 Å². The summed E-state index contributed by atoms with van der Waals surface area (Å²) in [6.07, 6.45) is 0. The van der Waals surface area contributed by atoms with E-state index in [2.05, 4.69) is 109 Å². The predicted molar refractivity (Wildman–Crippen MR) is 104 cm³/mol. The maximum atomic E-state index is 2.90. The summed E-state index contributed by atoms with van der Waals surface area (Å²) < 4.78 is 3.87. The topological polar surface area (TPSA) is 0 Å². The number of halogens is 1. The minimum atomic E-state index is -2.36. The standard InChI is InChI=1S/3C7H7.HI.Zr/c3*1-7-5-3-2-4-6-7;;/h3*2-6H,1H2;1H;/q;;;;+1/p-1. The van der Waals surface area contributed by atoms with E-state index in [0.29, 0.717) is 0 Å². The van der Waals surface area contributed by atoms with Crippen LogP contribution in [0, 0.1) is 0 Å². The molecule has 0 aromatic heterocycles. The first-order valence-corrected chi connectivity index (χ1v) is 20.6. The predicted octanol–water partition coefficient (Wildman–Crippen LogP) is 6.09. The van der Waals surface area contributed by atoms with Crippen LogP contribution in [-0.2, 0) is 28.5 Å². The molecule has 2 heteroatoms. The van der Waals surface area contributed by atoms with Crippen LogP contribution < -0.4 is 0 Å². The van der Waals surface area contributed by atoms with E-state index in [1.807, 2.05) is 0 Å². The first kappa shape index (κ1) is 17.1. The van der Waals surface area contributed by atoms with Gasteiger partial charge in [-0.05, 0) is 0 Å². The van der Waals surface area contributed by atoms with Crippen LogP contribution in [0.3, 0.4) is 0 Å². The van der Waals surface area contributed by atoms with Gasteiger partial charge in [0.2, 0.25) is 0 Å². The molecule has 3 aromatic rings. The fourth-order valence-corrected chi connectivity index (χ4v) is 18.9. The van der Waals surface area contributed by atoms with Gasteiger partial charge in [0.25, 0.3) is 0 Å². The Balaban J connectivity index is 1.85. The molecule has 0 atom stereocenters. The van der Waals surface area contributed by atoms with Gasteiger partial charge in [-0.3, -0.25) is 0 Å². The van der Waals surface area contributed by atoms with E-state index in [-0.39, 0.29) is 0 Å². The molecule has 0 aliphatic carbocycles. The molecule has 0 saturated heterocycles. The van der Waals surface area contributed by atoms with Gasteiger partial charge in [-0.15, -0.1) is 0 Å². The summed E-state index contributed by atoms with van der Waals surface area (Å²) in [6.45, 7) is 0. The first-order valence-electron chi connectivity index (χ1n) is 8.04. The summed E-state index contributed by atoms with van der Waals surface area (Å²) in [7, 11) is 0. The van der Waals surface area contributed by atoms with Gasteiger partial charge < -0.3 is 0 Å². The SMILES string of the molecule is [I][Zr]([CH2]c1ccccc1)([CH2]c1ccccc1)[CH2]c1ccccc1. The number of rotatable bonds is 6. The van der Waals surface area contributed by atoms with E-state index in [1.165, 1.54) is 29.1 Å². The fraction of sp³-hybridized carbons (Fsp3) is 0.143. The number of benzene rings is 3. The average molecular weight is 492 g/mol. The van der Waals surface area contributed by atoms with Gasteiger partial charge in [0, 0.05) is 0 Å². The molecule has 3 rings (SSSR count). The molecular formula is C21H21IZr. The van der Waals surface area contributed by atoms with E-state index in [4.69, 9.17) is 0 Å². The van der Waals surface area contributed by atoms with E-state index < -0.39 is 16.1 Å². The third-order valence-corrected chi connectivity index (χ3v) is 18.5. The van der Waals surface area contributed by atoms with Crippen LogP contribution in [-0.4, -0.2) is 0 Å². The van der Waals surface area contributed by atoms with Crippen LogP contribution in [0.25, 0.3) is 0 Å². The fourth-order valence-electron chi connectivity index (χ4n) is 3.07. The molecule has 0 amide bonds. The van der Waals surface area contributed by atoms with Gasteiger partial charge in [-0.25, -0.2) is 0 Å². The Morgan fingerprint density at radius 1 is 0.478 bits per heavy atom. The Morgan fingerprint density at radius 2 is 0.739 bits per heavy atom. The summed E-state index contributed by atoms with van der Waals surface area (Å²) in [6, 6.07) is 33.1. The van der Waals surface area contributed by atoms with Crippen molar-refractivity contribution in [2.45, 2.75) is 12.4 Å². The van der Waals surface area contributed by atoms with Crippen molar-refractivity contribution >= 4 is 18.0 Å². The Kier molecular flexibility index (Phi) is 6.24. The van der Waals surface area contributed by atoms with Gasteiger partial charge in [-0.2, -0.15) is 0 Å². The Hall–Kier alpha value is -0.727. The molecular weight excluding hydrogens is 470 g/mol. The molecule has 0 bridgehead atoms. The van der Waals surface area contributed by atoms with Crippen molar-refractivity contribution in [2.24, 2.45) is 0 Å². The van der Waals surface area contributed by atoms with Crippen molar-refractivity contribution in [2.75, 3.05) is 0 Å². The Bertz CT molecular complexity index is 609. The summed E-state index contributed by atoms with van der Waals surface area (Å²) in [5, 5.41) is 0. The second-order valence-electron chi connectivity index (χ2n) is 6.14. The van der Waals surface area contributed by atoms with Crippen molar-refractivity contribution in [3.63, 3.8) is 0 Å². The zero-order chi connectivity index (χ0) is 16.0. The molecule has 0 unspecified atom stereocenters. The van der Waals surface area contributed by atoms with Crippen molar-refractivity contribution < 1.29 is 16.1 Å². The molecule has 0 heterocycles. The number of hydrogen-bond acceptors (Lipinski definition) is 0. The molecule has 0 fully saturated rings. The van der Waals surface area contributed by atoms with Crippen LogP contribution >= 0.6 is 18.0 Å². The van der Waals surface area contributed by atoms with Crippen LogP contribution in [0.5, 0.6) is 0 Å². The molecule has 0 saturated carbocycles. The van der Waals surface area contributed by atoms with Crippen LogP contribution in [0.15, 0.2) is 91.0 Å². The van der Waals surface area contributed by atoms with Gasteiger partial charge in [0.1, 0.15) is 0 Å². The van der Waals surface area contributed by atoms with Crippen LogP contribution in [0.1, 0.15) is 16.7 Å². The van der Waals surface area contributed by atoms with E-state index in [1.54, 1.807) is 0 Å². The van der Waals surface area contributed by atoms with Crippen LogP contribution in [0.2, 0.25) is 0 Å². The molecule has 116 valence electrons.